The second-order valence-electron chi connectivity index (χ2n) is 10.6. The first-order valence-electron chi connectivity index (χ1n) is 15.1. The number of benzene rings is 2. The number of nitrogens with one attached hydrogen (secondary N) is 2. The Kier molecular flexibility index (Phi) is 13.9. The van der Waals surface area contributed by atoms with Gasteiger partial charge in [-0.3, -0.25) is 9.56 Å². The third kappa shape index (κ3) is 9.66. The molecule has 0 aliphatic rings. The minimum absolute atomic E-state index is 0.0583. The lowest BCUT2D eigenvalue weighted by Crippen LogP contribution is -2.25. The maximum atomic E-state index is 15.1. The maximum absolute atomic E-state index is 15.1. The van der Waals surface area contributed by atoms with Crippen LogP contribution in [0.15, 0.2) is 58.4 Å². The lowest BCUT2D eigenvalue weighted by Gasteiger charge is -2.18. The Balaban J connectivity index is 0.00000259. The number of nitrogens with zero attached hydrogens (tertiary/aromatic N) is 3. The van der Waals surface area contributed by atoms with E-state index >= 15 is 4.39 Å². The predicted octanol–water partition coefficient (Wildman–Crippen LogP) is 6.63. The second kappa shape index (κ2) is 17.3. The van der Waals surface area contributed by atoms with Crippen molar-refractivity contribution in [1.29, 1.82) is 0 Å². The zero-order valence-corrected chi connectivity index (χ0v) is 27.9. The summed E-state index contributed by atoms with van der Waals surface area (Å²) >= 11 is 8.02. The number of hydrogen-bond donors (Lipinski definition) is 4. The van der Waals surface area contributed by atoms with E-state index in [1.807, 2.05) is 45.0 Å². The highest BCUT2D eigenvalue weighted by Gasteiger charge is 2.16. The highest BCUT2D eigenvalue weighted by molar-refractivity contribution is 7.98. The number of halogens is 2. The van der Waals surface area contributed by atoms with E-state index in [0.29, 0.717) is 40.4 Å². The van der Waals surface area contributed by atoms with Gasteiger partial charge in [0.25, 0.3) is 0 Å². The average Bonchev–Trinajstić information content (AvgIpc) is 3.41. The molecule has 0 saturated heterocycles. The monoisotopic (exact) mass is 641 g/mol. The van der Waals surface area contributed by atoms with E-state index < -0.39 is 11.5 Å². The molecule has 0 amide bonds. The van der Waals surface area contributed by atoms with Crippen molar-refractivity contribution in [1.82, 2.24) is 19.9 Å². The Morgan fingerprint density at radius 1 is 1.20 bits per heavy atom. The number of aryl methyl sites for hydroxylation is 1. The van der Waals surface area contributed by atoms with Crippen molar-refractivity contribution in [2.45, 2.75) is 65.5 Å². The van der Waals surface area contributed by atoms with Gasteiger partial charge in [-0.2, -0.15) is 16.7 Å². The molecule has 4 rings (SSSR count). The van der Waals surface area contributed by atoms with Gasteiger partial charge >= 0.3 is 5.69 Å². The molecule has 0 spiro atoms. The van der Waals surface area contributed by atoms with Crippen molar-refractivity contribution in [2.75, 3.05) is 25.1 Å². The van der Waals surface area contributed by atoms with Gasteiger partial charge in [0.1, 0.15) is 5.65 Å². The van der Waals surface area contributed by atoms with Gasteiger partial charge in [0.2, 0.25) is 0 Å². The second-order valence-corrected chi connectivity index (χ2v) is 11.9. The number of hydrogen-bond acceptors (Lipinski definition) is 6. The minimum atomic E-state index is -0.513. The summed E-state index contributed by atoms with van der Waals surface area (Å²) in [6.07, 6.45) is 7.18. The van der Waals surface area contributed by atoms with Crippen molar-refractivity contribution in [3.63, 3.8) is 0 Å². The lowest BCUT2D eigenvalue weighted by atomic mass is 10.0. The van der Waals surface area contributed by atoms with Crippen molar-refractivity contribution in [3.05, 3.63) is 81.1 Å². The number of nitrogens with two attached hydrogens (primary N) is 2. The first kappa shape index (κ1) is 35.3. The summed E-state index contributed by atoms with van der Waals surface area (Å²) in [4.78, 5) is 24.6. The molecular weight excluding hydrogens is 597 g/mol. The van der Waals surface area contributed by atoms with Crippen LogP contribution in [0.4, 0.5) is 4.39 Å². The van der Waals surface area contributed by atoms with Crippen LogP contribution in [-0.4, -0.2) is 51.5 Å². The number of H-pyrrole nitrogens is 1. The zero-order valence-electron chi connectivity index (χ0n) is 26.3. The molecule has 8 nitrogen and oxygen atoms in total. The molecule has 11 heteroatoms. The Morgan fingerprint density at radius 3 is 2.59 bits per heavy atom. The molecule has 2 unspecified atom stereocenters. The molecule has 0 saturated carbocycles. The number of amidine groups is 1. The van der Waals surface area contributed by atoms with Gasteiger partial charge < -0.3 is 21.8 Å². The van der Waals surface area contributed by atoms with E-state index in [1.165, 1.54) is 4.57 Å². The predicted molar refractivity (Wildman–Crippen MR) is 186 cm³/mol. The van der Waals surface area contributed by atoms with Gasteiger partial charge in [0.15, 0.2) is 5.82 Å². The largest absolute Gasteiger partial charge is 0.388 e. The van der Waals surface area contributed by atoms with Crippen LogP contribution in [0.2, 0.25) is 5.02 Å². The average molecular weight is 642 g/mol. The molecule has 2 atom stereocenters. The van der Waals surface area contributed by atoms with E-state index in [4.69, 9.17) is 23.1 Å². The van der Waals surface area contributed by atoms with Crippen molar-refractivity contribution >= 4 is 40.2 Å². The fourth-order valence-electron chi connectivity index (χ4n) is 4.86. The summed E-state index contributed by atoms with van der Waals surface area (Å²) in [5.41, 5.74) is 15.1. The fourth-order valence-corrected chi connectivity index (χ4v) is 5.74. The van der Waals surface area contributed by atoms with Crippen LogP contribution in [0.1, 0.15) is 64.1 Å². The number of fused-ring (bicyclic) bond motifs is 1. The minimum Gasteiger partial charge on any atom is -0.388 e. The molecule has 0 aliphatic heterocycles. The van der Waals surface area contributed by atoms with Gasteiger partial charge in [-0.1, -0.05) is 37.6 Å². The number of rotatable bonds is 14. The molecule has 0 bridgehead atoms. The SMILES string of the molecule is CC.CSCC(NCCCN=C(C)N)c1ccc(-n2cc3cc(-c4cc(CCCC(C)N)cc(Cl)c4F)[nH]c3nc2=O)cc1. The van der Waals surface area contributed by atoms with Crippen LogP contribution in [0.3, 0.4) is 0 Å². The summed E-state index contributed by atoms with van der Waals surface area (Å²) in [7, 11) is 0. The molecule has 4 aromatic rings. The molecule has 0 fully saturated rings. The van der Waals surface area contributed by atoms with Crippen LogP contribution < -0.4 is 22.5 Å². The van der Waals surface area contributed by atoms with Crippen molar-refractivity contribution in [2.24, 2.45) is 16.5 Å². The highest BCUT2D eigenvalue weighted by Crippen LogP contribution is 2.31. The summed E-state index contributed by atoms with van der Waals surface area (Å²) in [5, 5.41) is 4.33. The Bertz CT molecular complexity index is 1580. The first-order chi connectivity index (χ1) is 21.2. The number of aromatic amines is 1. The van der Waals surface area contributed by atoms with Crippen LogP contribution in [-0.2, 0) is 6.42 Å². The van der Waals surface area contributed by atoms with Crippen molar-refractivity contribution < 1.29 is 4.39 Å². The van der Waals surface area contributed by atoms with Crippen LogP contribution in [0.5, 0.6) is 0 Å². The molecule has 2 aromatic heterocycles. The number of thioether (sulfide) groups is 1. The van der Waals surface area contributed by atoms with Crippen LogP contribution in [0.25, 0.3) is 28.0 Å². The smallest absolute Gasteiger partial charge is 0.354 e. The standard InChI is InChI=1S/C31H39ClFN7OS.C2H6/c1-19(34)6-4-7-21-14-25(29(33)26(32)15-21)27-16-23-17-40(31(41)39-30(23)38-27)24-10-8-22(9-11-24)28(18-42-3)37-13-5-12-36-20(2)35;1-2/h8-11,14-17,19,28,37H,4-7,12-13,18,34H2,1-3H3,(H2,35,36)(H,38,39,41);1-2H3. The third-order valence-corrected chi connectivity index (χ3v) is 7.95. The molecular formula is C33H45ClFN7OS. The van der Waals surface area contributed by atoms with E-state index in [1.54, 1.807) is 43.1 Å². The quantitative estimate of drug-likeness (QED) is 0.0695. The van der Waals surface area contributed by atoms with E-state index in [9.17, 15) is 4.79 Å². The zero-order chi connectivity index (χ0) is 32.2. The number of aromatic nitrogens is 3. The topological polar surface area (TPSA) is 127 Å². The van der Waals surface area contributed by atoms with Gasteiger partial charge in [-0.05, 0) is 93.8 Å². The summed E-state index contributed by atoms with van der Waals surface area (Å²) in [6.45, 7) is 9.27. The Hall–Kier alpha value is -3.18. The van der Waals surface area contributed by atoms with Crippen molar-refractivity contribution in [3.8, 4) is 16.9 Å². The molecule has 44 heavy (non-hydrogen) atoms. The van der Waals surface area contributed by atoms with E-state index in [-0.39, 0.29) is 17.1 Å². The molecule has 6 N–H and O–H groups in total. The molecule has 0 aliphatic carbocycles. The Labute approximate surface area is 268 Å². The molecule has 0 radical (unpaired) electrons. The number of aliphatic imine (C=N–C) groups is 1. The summed E-state index contributed by atoms with van der Waals surface area (Å²) in [6, 6.07) is 13.4. The van der Waals surface area contributed by atoms with Gasteiger partial charge in [-0.25, -0.2) is 9.18 Å². The van der Waals surface area contributed by atoms with Crippen LogP contribution in [0, 0.1) is 5.82 Å². The third-order valence-electron chi connectivity index (χ3n) is 7.00. The van der Waals surface area contributed by atoms with Gasteiger partial charge in [0, 0.05) is 41.5 Å². The lowest BCUT2D eigenvalue weighted by molar-refractivity contribution is 0.568. The first-order valence-corrected chi connectivity index (χ1v) is 16.9. The summed E-state index contributed by atoms with van der Waals surface area (Å²) < 4.78 is 16.6. The molecule has 2 heterocycles. The normalized spacial score (nSPS) is 13.0. The molecule has 2 aromatic carbocycles. The van der Waals surface area contributed by atoms with Crippen LogP contribution >= 0.6 is 23.4 Å². The molecule has 238 valence electrons. The van der Waals surface area contributed by atoms with Gasteiger partial charge in [-0.15, -0.1) is 0 Å². The van der Waals surface area contributed by atoms with E-state index in [0.717, 1.165) is 49.1 Å². The van der Waals surface area contributed by atoms with E-state index in [2.05, 4.69) is 26.5 Å². The maximum Gasteiger partial charge on any atom is 0.354 e. The summed E-state index contributed by atoms with van der Waals surface area (Å²) in [5.74, 6) is 0.992. The fraction of sp³-hybridized carbons (Fsp3) is 0.424. The Morgan fingerprint density at radius 2 is 1.93 bits per heavy atom. The van der Waals surface area contributed by atoms with Gasteiger partial charge in [0.05, 0.1) is 22.2 Å². The highest BCUT2D eigenvalue weighted by atomic mass is 35.5.